The van der Waals surface area contributed by atoms with E-state index in [2.05, 4.69) is 75.1 Å². The average Bonchev–Trinajstić information content (AvgIpc) is 3.37. The molecule has 6 heteroatoms. The zero-order valence-corrected chi connectivity index (χ0v) is 19.6. The summed E-state index contributed by atoms with van der Waals surface area (Å²) in [4.78, 5) is 7.01. The molecule has 0 aliphatic carbocycles. The maximum Gasteiger partial charge on any atom is 0.191 e. The van der Waals surface area contributed by atoms with Gasteiger partial charge in [-0.25, -0.2) is 0 Å². The summed E-state index contributed by atoms with van der Waals surface area (Å²) >= 11 is 0. The van der Waals surface area contributed by atoms with Crippen LogP contribution in [0.2, 0.25) is 0 Å². The fourth-order valence-electron chi connectivity index (χ4n) is 4.07. The van der Waals surface area contributed by atoms with E-state index in [0.29, 0.717) is 32.4 Å². The highest BCUT2D eigenvalue weighted by Crippen LogP contribution is 2.24. The molecule has 1 unspecified atom stereocenters. The van der Waals surface area contributed by atoms with E-state index < -0.39 is 0 Å². The first-order valence-corrected chi connectivity index (χ1v) is 11.8. The number of aliphatic imine (C=N–C) groups is 1. The van der Waals surface area contributed by atoms with E-state index in [9.17, 15) is 0 Å². The van der Waals surface area contributed by atoms with Crippen molar-refractivity contribution in [3.8, 4) is 0 Å². The summed E-state index contributed by atoms with van der Waals surface area (Å²) in [6.45, 7) is 8.44. The number of benzene rings is 2. The van der Waals surface area contributed by atoms with Crippen molar-refractivity contribution in [3.63, 3.8) is 0 Å². The van der Waals surface area contributed by atoms with Crippen LogP contribution in [0.5, 0.6) is 0 Å². The predicted octanol–water partition coefficient (Wildman–Crippen LogP) is 3.74. The van der Waals surface area contributed by atoms with Gasteiger partial charge in [-0.15, -0.1) is 0 Å². The van der Waals surface area contributed by atoms with Crippen LogP contribution in [-0.2, 0) is 22.6 Å². The highest BCUT2D eigenvalue weighted by Gasteiger charge is 2.23. The molecular formula is C26H38N4O2. The van der Waals surface area contributed by atoms with Gasteiger partial charge in [-0.3, -0.25) is 9.89 Å². The Hall–Kier alpha value is -2.41. The van der Waals surface area contributed by atoms with Gasteiger partial charge in [-0.05, 0) is 49.5 Å². The monoisotopic (exact) mass is 438 g/mol. The third kappa shape index (κ3) is 7.93. The van der Waals surface area contributed by atoms with Crippen LogP contribution in [0.1, 0.15) is 42.5 Å². The predicted molar refractivity (Wildman–Crippen MR) is 131 cm³/mol. The Balaban J connectivity index is 1.49. The SMILES string of the molecule is CCOCCOCc1cccc(CNC(=NC)NCC(c2ccccc2)N2CCCC2)c1. The first kappa shape index (κ1) is 24.2. The fraction of sp³-hybridized carbons (Fsp3) is 0.500. The van der Waals surface area contributed by atoms with Gasteiger partial charge in [0.15, 0.2) is 5.96 Å². The summed E-state index contributed by atoms with van der Waals surface area (Å²) in [6, 6.07) is 19.6. The lowest BCUT2D eigenvalue weighted by Gasteiger charge is -2.29. The topological polar surface area (TPSA) is 58.1 Å². The van der Waals surface area contributed by atoms with Gasteiger partial charge in [-0.1, -0.05) is 54.6 Å². The number of guanidine groups is 1. The van der Waals surface area contributed by atoms with E-state index in [0.717, 1.165) is 32.2 Å². The van der Waals surface area contributed by atoms with Crippen molar-refractivity contribution < 1.29 is 9.47 Å². The Morgan fingerprint density at radius 1 is 0.969 bits per heavy atom. The summed E-state index contributed by atoms with van der Waals surface area (Å²) in [5, 5.41) is 7.00. The molecule has 0 amide bonds. The van der Waals surface area contributed by atoms with Crippen LogP contribution in [0.15, 0.2) is 59.6 Å². The van der Waals surface area contributed by atoms with Crippen molar-refractivity contribution in [1.82, 2.24) is 15.5 Å². The molecule has 0 bridgehead atoms. The van der Waals surface area contributed by atoms with Crippen LogP contribution in [-0.4, -0.2) is 57.4 Å². The molecule has 3 rings (SSSR count). The molecular weight excluding hydrogens is 400 g/mol. The summed E-state index contributed by atoms with van der Waals surface area (Å²) < 4.78 is 11.0. The van der Waals surface area contributed by atoms with Crippen molar-refractivity contribution in [1.29, 1.82) is 0 Å². The molecule has 1 fully saturated rings. The minimum atomic E-state index is 0.356. The molecule has 1 aliphatic heterocycles. The zero-order valence-electron chi connectivity index (χ0n) is 19.6. The molecule has 1 aliphatic rings. The van der Waals surface area contributed by atoms with Gasteiger partial charge >= 0.3 is 0 Å². The van der Waals surface area contributed by atoms with Gasteiger partial charge in [0, 0.05) is 26.7 Å². The molecule has 2 aromatic carbocycles. The van der Waals surface area contributed by atoms with Gasteiger partial charge in [0.05, 0.1) is 25.9 Å². The van der Waals surface area contributed by atoms with Crippen LogP contribution in [0, 0.1) is 0 Å². The largest absolute Gasteiger partial charge is 0.379 e. The van der Waals surface area contributed by atoms with Crippen molar-refractivity contribution >= 4 is 5.96 Å². The fourth-order valence-corrected chi connectivity index (χ4v) is 4.07. The Morgan fingerprint density at radius 2 is 1.72 bits per heavy atom. The third-order valence-electron chi connectivity index (χ3n) is 5.75. The van der Waals surface area contributed by atoms with Crippen LogP contribution in [0.4, 0.5) is 0 Å². The lowest BCUT2D eigenvalue weighted by Crippen LogP contribution is -2.42. The van der Waals surface area contributed by atoms with E-state index in [1.165, 1.54) is 29.5 Å². The number of hydrogen-bond acceptors (Lipinski definition) is 4. The molecule has 1 atom stereocenters. The zero-order chi connectivity index (χ0) is 22.4. The number of hydrogen-bond donors (Lipinski definition) is 2. The van der Waals surface area contributed by atoms with Gasteiger partial charge in [0.2, 0.25) is 0 Å². The average molecular weight is 439 g/mol. The molecule has 1 saturated heterocycles. The Labute approximate surface area is 193 Å². The molecule has 0 radical (unpaired) electrons. The molecule has 0 saturated carbocycles. The van der Waals surface area contributed by atoms with Gasteiger partial charge in [0.25, 0.3) is 0 Å². The number of ether oxygens (including phenoxy) is 2. The Kier molecular flexibility index (Phi) is 10.5. The normalized spacial score (nSPS) is 15.6. The first-order valence-electron chi connectivity index (χ1n) is 11.8. The highest BCUT2D eigenvalue weighted by atomic mass is 16.5. The number of rotatable bonds is 12. The molecule has 174 valence electrons. The summed E-state index contributed by atoms with van der Waals surface area (Å²) in [5.41, 5.74) is 3.73. The first-order chi connectivity index (χ1) is 15.8. The number of nitrogens with zero attached hydrogens (tertiary/aromatic N) is 2. The van der Waals surface area contributed by atoms with E-state index in [4.69, 9.17) is 9.47 Å². The second-order valence-corrected chi connectivity index (χ2v) is 8.05. The molecule has 2 N–H and O–H groups in total. The maximum atomic E-state index is 5.69. The maximum absolute atomic E-state index is 5.69. The highest BCUT2D eigenvalue weighted by molar-refractivity contribution is 5.79. The lowest BCUT2D eigenvalue weighted by atomic mass is 10.1. The Morgan fingerprint density at radius 3 is 2.47 bits per heavy atom. The third-order valence-corrected chi connectivity index (χ3v) is 5.75. The smallest absolute Gasteiger partial charge is 0.191 e. The number of nitrogens with one attached hydrogen (secondary N) is 2. The van der Waals surface area contributed by atoms with Crippen LogP contribution >= 0.6 is 0 Å². The molecule has 32 heavy (non-hydrogen) atoms. The van der Waals surface area contributed by atoms with Crippen molar-refractivity contribution in [2.75, 3.05) is 46.5 Å². The lowest BCUT2D eigenvalue weighted by molar-refractivity contribution is 0.0453. The van der Waals surface area contributed by atoms with E-state index in [-0.39, 0.29) is 0 Å². The van der Waals surface area contributed by atoms with Crippen LogP contribution < -0.4 is 10.6 Å². The molecule has 1 heterocycles. The summed E-state index contributed by atoms with van der Waals surface area (Å²) in [5.74, 6) is 0.823. The minimum Gasteiger partial charge on any atom is -0.379 e. The van der Waals surface area contributed by atoms with E-state index in [1.54, 1.807) is 0 Å². The van der Waals surface area contributed by atoms with Crippen molar-refractivity contribution in [3.05, 3.63) is 71.3 Å². The van der Waals surface area contributed by atoms with Gasteiger partial charge in [-0.2, -0.15) is 0 Å². The Bertz CT molecular complexity index is 806. The van der Waals surface area contributed by atoms with Crippen molar-refractivity contribution in [2.24, 2.45) is 4.99 Å². The van der Waals surface area contributed by atoms with Crippen molar-refractivity contribution in [2.45, 2.75) is 39.0 Å². The van der Waals surface area contributed by atoms with Gasteiger partial charge < -0.3 is 20.1 Å². The molecule has 0 spiro atoms. The van der Waals surface area contributed by atoms with E-state index in [1.807, 2.05) is 14.0 Å². The second-order valence-electron chi connectivity index (χ2n) is 8.05. The van der Waals surface area contributed by atoms with Gasteiger partial charge in [0.1, 0.15) is 0 Å². The summed E-state index contributed by atoms with van der Waals surface area (Å²) in [7, 11) is 1.82. The molecule has 2 aromatic rings. The van der Waals surface area contributed by atoms with Crippen LogP contribution in [0.25, 0.3) is 0 Å². The molecule has 0 aromatic heterocycles. The minimum absolute atomic E-state index is 0.356. The quantitative estimate of drug-likeness (QED) is 0.300. The second kappa shape index (κ2) is 13.9. The standard InChI is InChI=1S/C26H38N4O2/c1-3-31-16-17-32-21-23-11-9-10-22(18-23)19-28-26(27-2)29-20-25(30-14-7-8-15-30)24-12-5-4-6-13-24/h4-6,9-13,18,25H,3,7-8,14-17,19-21H2,1-2H3,(H2,27,28,29). The molecule has 6 nitrogen and oxygen atoms in total. The van der Waals surface area contributed by atoms with Crippen LogP contribution in [0.3, 0.4) is 0 Å². The van der Waals surface area contributed by atoms with E-state index >= 15 is 0 Å². The summed E-state index contributed by atoms with van der Waals surface area (Å²) in [6.07, 6.45) is 2.56. The number of likely N-dealkylation sites (tertiary alicyclic amines) is 1.